The van der Waals surface area contributed by atoms with E-state index in [1.807, 2.05) is 29.6 Å². The first-order valence-corrected chi connectivity index (χ1v) is 9.97. The predicted molar refractivity (Wildman–Crippen MR) is 110 cm³/mol. The number of nitrogens with zero attached hydrogens (tertiary/aromatic N) is 2. The molecule has 7 nitrogen and oxygen atoms in total. The summed E-state index contributed by atoms with van der Waals surface area (Å²) < 4.78 is 11.0. The molecule has 0 spiro atoms. The number of hydrogen-bond donors (Lipinski definition) is 1. The van der Waals surface area contributed by atoms with E-state index in [1.54, 1.807) is 48.7 Å². The Morgan fingerprint density at radius 3 is 3.00 bits per heavy atom. The summed E-state index contributed by atoms with van der Waals surface area (Å²) in [6.45, 7) is 2.38. The van der Waals surface area contributed by atoms with Crippen LogP contribution in [-0.2, 0) is 25.6 Å². The molecule has 0 amide bonds. The Morgan fingerprint density at radius 1 is 1.38 bits per heavy atom. The van der Waals surface area contributed by atoms with Gasteiger partial charge in [0.1, 0.15) is 5.65 Å². The monoisotopic (exact) mass is 409 g/mol. The Labute approximate surface area is 171 Å². The summed E-state index contributed by atoms with van der Waals surface area (Å²) in [6, 6.07) is 7.65. The number of carbonyl (C=O) groups excluding carboxylic acids is 2. The number of aromatic nitrogens is 2. The number of H-pyrrole nitrogens is 1. The first-order chi connectivity index (χ1) is 14.1. The minimum Gasteiger partial charge on any atom is -0.462 e. The van der Waals surface area contributed by atoms with Crippen LogP contribution < -0.4 is 0 Å². The SMILES string of the molecule is CCOC(=O)C1=C(N(C)Cc2cccs2)O/C(=C\c2c[nH]c3ncccc23)C1=O. The van der Waals surface area contributed by atoms with Crippen molar-refractivity contribution in [1.82, 2.24) is 14.9 Å². The number of esters is 1. The molecule has 0 aliphatic carbocycles. The minimum atomic E-state index is -0.686. The third-order valence-electron chi connectivity index (χ3n) is 4.44. The van der Waals surface area contributed by atoms with Crippen molar-refractivity contribution >= 4 is 40.2 Å². The first-order valence-electron chi connectivity index (χ1n) is 9.09. The second-order valence-corrected chi connectivity index (χ2v) is 7.45. The van der Waals surface area contributed by atoms with Crippen LogP contribution in [0.15, 0.2) is 59.3 Å². The lowest BCUT2D eigenvalue weighted by molar-refractivity contribution is -0.139. The molecule has 1 N–H and O–H groups in total. The molecule has 0 aromatic carbocycles. The van der Waals surface area contributed by atoms with Gasteiger partial charge in [-0.2, -0.15) is 0 Å². The lowest BCUT2D eigenvalue weighted by Crippen LogP contribution is -2.21. The highest BCUT2D eigenvalue weighted by molar-refractivity contribution is 7.09. The molecule has 3 aromatic rings. The maximum atomic E-state index is 13.0. The number of fused-ring (bicyclic) bond motifs is 1. The van der Waals surface area contributed by atoms with Crippen molar-refractivity contribution in [3.05, 3.63) is 69.7 Å². The van der Waals surface area contributed by atoms with Crippen molar-refractivity contribution in [2.45, 2.75) is 13.5 Å². The summed E-state index contributed by atoms with van der Waals surface area (Å²) in [7, 11) is 1.78. The Bertz CT molecular complexity index is 1130. The highest BCUT2D eigenvalue weighted by atomic mass is 32.1. The summed E-state index contributed by atoms with van der Waals surface area (Å²) in [4.78, 5) is 35.6. The average Bonchev–Trinajstić information content (AvgIpc) is 3.43. The van der Waals surface area contributed by atoms with Gasteiger partial charge in [-0.15, -0.1) is 11.3 Å². The fourth-order valence-electron chi connectivity index (χ4n) is 3.11. The summed E-state index contributed by atoms with van der Waals surface area (Å²) in [5.74, 6) is -0.902. The minimum absolute atomic E-state index is 0.0748. The van der Waals surface area contributed by atoms with E-state index in [-0.39, 0.29) is 23.8 Å². The Kier molecular flexibility index (Phi) is 5.18. The van der Waals surface area contributed by atoms with E-state index < -0.39 is 11.8 Å². The molecule has 0 saturated carbocycles. The molecule has 0 fully saturated rings. The van der Waals surface area contributed by atoms with Crippen molar-refractivity contribution in [1.29, 1.82) is 0 Å². The molecule has 0 bridgehead atoms. The third kappa shape index (κ3) is 3.66. The van der Waals surface area contributed by atoms with Crippen LogP contribution in [0.2, 0.25) is 0 Å². The van der Waals surface area contributed by atoms with E-state index in [4.69, 9.17) is 9.47 Å². The lowest BCUT2D eigenvalue weighted by Gasteiger charge is -2.19. The van der Waals surface area contributed by atoms with E-state index in [0.29, 0.717) is 12.2 Å². The van der Waals surface area contributed by atoms with Gasteiger partial charge in [0.2, 0.25) is 11.7 Å². The van der Waals surface area contributed by atoms with Gasteiger partial charge in [0.05, 0.1) is 13.2 Å². The van der Waals surface area contributed by atoms with E-state index >= 15 is 0 Å². The number of ketones is 1. The zero-order valence-corrected chi connectivity index (χ0v) is 16.8. The number of Topliss-reactive ketones (excluding diaryl/α,β-unsaturated/α-hetero) is 1. The number of allylic oxidation sites excluding steroid dienone is 1. The molecule has 4 heterocycles. The van der Waals surface area contributed by atoms with Gasteiger partial charge in [-0.25, -0.2) is 9.78 Å². The van der Waals surface area contributed by atoms with E-state index in [1.165, 1.54) is 0 Å². The summed E-state index contributed by atoms with van der Waals surface area (Å²) in [5, 5.41) is 2.83. The van der Waals surface area contributed by atoms with Crippen molar-refractivity contribution in [3.63, 3.8) is 0 Å². The van der Waals surface area contributed by atoms with Gasteiger partial charge >= 0.3 is 5.97 Å². The molecule has 1 aliphatic heterocycles. The highest BCUT2D eigenvalue weighted by Gasteiger charge is 2.38. The van der Waals surface area contributed by atoms with Crippen LogP contribution in [0.3, 0.4) is 0 Å². The maximum absolute atomic E-state index is 13.0. The Hall–Kier alpha value is -3.39. The van der Waals surface area contributed by atoms with Crippen molar-refractivity contribution in [2.75, 3.05) is 13.7 Å². The summed E-state index contributed by atoms with van der Waals surface area (Å²) in [6.07, 6.45) is 5.05. The van der Waals surface area contributed by atoms with Crippen LogP contribution in [0.4, 0.5) is 0 Å². The van der Waals surface area contributed by atoms with Gasteiger partial charge in [0, 0.05) is 35.3 Å². The number of nitrogens with one attached hydrogen (secondary N) is 1. The fraction of sp³-hybridized carbons (Fsp3) is 0.190. The molecule has 0 unspecified atom stereocenters. The van der Waals surface area contributed by atoms with Gasteiger partial charge in [0.25, 0.3) is 0 Å². The lowest BCUT2D eigenvalue weighted by atomic mass is 10.1. The number of ether oxygens (including phenoxy) is 2. The summed E-state index contributed by atoms with van der Waals surface area (Å²) >= 11 is 1.59. The van der Waals surface area contributed by atoms with E-state index in [0.717, 1.165) is 15.8 Å². The van der Waals surface area contributed by atoms with Gasteiger partial charge in [-0.3, -0.25) is 4.79 Å². The van der Waals surface area contributed by atoms with Crippen molar-refractivity contribution in [2.24, 2.45) is 0 Å². The zero-order valence-electron chi connectivity index (χ0n) is 16.0. The fourth-order valence-corrected chi connectivity index (χ4v) is 3.87. The number of aromatic amines is 1. The maximum Gasteiger partial charge on any atom is 0.347 e. The third-order valence-corrected chi connectivity index (χ3v) is 5.30. The highest BCUT2D eigenvalue weighted by Crippen LogP contribution is 2.31. The van der Waals surface area contributed by atoms with Crippen LogP contribution in [-0.4, -0.2) is 40.3 Å². The summed E-state index contributed by atoms with van der Waals surface area (Å²) in [5.41, 5.74) is 1.37. The molecule has 29 heavy (non-hydrogen) atoms. The number of pyridine rings is 1. The quantitative estimate of drug-likeness (QED) is 0.381. The smallest absolute Gasteiger partial charge is 0.347 e. The predicted octanol–water partition coefficient (Wildman–Crippen LogP) is 3.47. The van der Waals surface area contributed by atoms with Crippen LogP contribution in [0, 0.1) is 0 Å². The largest absolute Gasteiger partial charge is 0.462 e. The zero-order chi connectivity index (χ0) is 20.4. The van der Waals surface area contributed by atoms with Crippen LogP contribution in [0.1, 0.15) is 17.4 Å². The molecule has 3 aromatic heterocycles. The van der Waals surface area contributed by atoms with Crippen molar-refractivity contribution < 1.29 is 19.1 Å². The van der Waals surface area contributed by atoms with Crippen LogP contribution in [0.5, 0.6) is 0 Å². The van der Waals surface area contributed by atoms with Crippen molar-refractivity contribution in [3.8, 4) is 0 Å². The molecule has 148 valence electrons. The number of hydrogen-bond acceptors (Lipinski definition) is 7. The number of rotatable bonds is 6. The number of thiophene rings is 1. The topological polar surface area (TPSA) is 84.5 Å². The molecule has 1 aliphatic rings. The molecule has 0 saturated heterocycles. The normalized spacial score (nSPS) is 15.2. The standard InChI is InChI=1S/C21H19N3O4S/c1-3-27-21(26)17-18(25)16(10-13-11-23-19-15(13)7-4-8-22-19)28-20(17)24(2)12-14-6-5-9-29-14/h4-11H,3,12H2,1-2H3,(H,22,23)/b16-10-. The first kappa shape index (κ1) is 18.9. The van der Waals surface area contributed by atoms with Gasteiger partial charge in [-0.05, 0) is 36.6 Å². The average molecular weight is 409 g/mol. The van der Waals surface area contributed by atoms with E-state index in [2.05, 4.69) is 9.97 Å². The van der Waals surface area contributed by atoms with Crippen LogP contribution in [0.25, 0.3) is 17.1 Å². The molecule has 0 radical (unpaired) electrons. The Morgan fingerprint density at radius 2 is 2.24 bits per heavy atom. The molecule has 4 rings (SSSR count). The molecule has 0 atom stereocenters. The number of carbonyl (C=O) groups is 2. The van der Waals surface area contributed by atoms with Gasteiger partial charge in [-0.1, -0.05) is 6.07 Å². The van der Waals surface area contributed by atoms with Gasteiger partial charge < -0.3 is 19.4 Å². The van der Waals surface area contributed by atoms with Gasteiger partial charge in [0.15, 0.2) is 11.3 Å². The molecule has 8 heteroatoms. The second-order valence-electron chi connectivity index (χ2n) is 6.42. The Balaban J connectivity index is 1.69. The second kappa shape index (κ2) is 7.92. The van der Waals surface area contributed by atoms with E-state index in [9.17, 15) is 9.59 Å². The molecular formula is C21H19N3O4S. The van der Waals surface area contributed by atoms with Crippen LogP contribution >= 0.6 is 11.3 Å². The molecular weight excluding hydrogens is 390 g/mol.